The third kappa shape index (κ3) is 3.09. The van der Waals surface area contributed by atoms with E-state index in [0.717, 1.165) is 0 Å². The number of rotatable bonds is 3. The number of hydrogen-bond acceptors (Lipinski definition) is 4. The molecule has 0 aromatic heterocycles. The average molecular weight is 348 g/mol. The van der Waals surface area contributed by atoms with Crippen molar-refractivity contribution in [2.45, 2.75) is 18.4 Å². The number of benzene rings is 1. The Morgan fingerprint density at radius 1 is 1.37 bits per heavy atom. The first-order chi connectivity index (χ1) is 8.85. The summed E-state index contributed by atoms with van der Waals surface area (Å²) in [5.74, 6) is -1.46. The van der Waals surface area contributed by atoms with E-state index < -0.39 is 21.3 Å². The Bertz CT molecular complexity index is 602. The Morgan fingerprint density at radius 3 is 2.63 bits per heavy atom. The molecule has 1 atom stereocenters. The number of hydrogen-bond donors (Lipinski definition) is 2. The van der Waals surface area contributed by atoms with Crippen molar-refractivity contribution in [1.82, 2.24) is 0 Å². The van der Waals surface area contributed by atoms with Crippen LogP contribution < -0.4 is 5.32 Å². The molecule has 2 N–H and O–H groups in total. The molecule has 1 unspecified atom stereocenters. The monoisotopic (exact) mass is 347 g/mol. The van der Waals surface area contributed by atoms with E-state index in [-0.39, 0.29) is 11.5 Å². The summed E-state index contributed by atoms with van der Waals surface area (Å²) in [7, 11) is -3.33. The Balaban J connectivity index is 2.36. The lowest BCUT2D eigenvalue weighted by Gasteiger charge is -2.34. The van der Waals surface area contributed by atoms with Gasteiger partial charge in [-0.05, 0) is 40.9 Å². The van der Waals surface area contributed by atoms with Crippen LogP contribution in [0.25, 0.3) is 0 Å². The first kappa shape index (κ1) is 14.3. The maximum absolute atomic E-state index is 11.7. The lowest BCUT2D eigenvalue weighted by Crippen LogP contribution is -2.54. The zero-order valence-electron chi connectivity index (χ0n) is 10.1. The normalized spacial score (nSPS) is 25.7. The molecule has 1 aromatic carbocycles. The molecule has 19 heavy (non-hydrogen) atoms. The summed E-state index contributed by atoms with van der Waals surface area (Å²) in [5.41, 5.74) is -0.858. The Morgan fingerprint density at radius 2 is 2.05 bits per heavy atom. The smallest absolute Gasteiger partial charge is 0.330 e. The lowest BCUT2D eigenvalue weighted by atomic mass is 9.95. The van der Waals surface area contributed by atoms with Gasteiger partial charge >= 0.3 is 5.97 Å². The highest BCUT2D eigenvalue weighted by molar-refractivity contribution is 9.10. The van der Waals surface area contributed by atoms with Crippen LogP contribution in [0.2, 0.25) is 0 Å². The summed E-state index contributed by atoms with van der Waals surface area (Å²) in [6.07, 6.45) is 0.648. The van der Waals surface area contributed by atoms with Gasteiger partial charge in [0.25, 0.3) is 0 Å². The maximum Gasteiger partial charge on any atom is 0.330 e. The SMILES string of the molecule is O=C(O)C1(Nc2ccccc2Br)CCCS(=O)(=O)C1. The van der Waals surface area contributed by atoms with Crippen molar-refractivity contribution >= 4 is 37.4 Å². The van der Waals surface area contributed by atoms with E-state index in [0.29, 0.717) is 23.0 Å². The first-order valence-corrected chi connectivity index (χ1v) is 8.43. The first-order valence-electron chi connectivity index (χ1n) is 5.81. The van der Waals surface area contributed by atoms with E-state index in [2.05, 4.69) is 21.2 Å². The minimum absolute atomic E-state index is 0.0552. The van der Waals surface area contributed by atoms with Crippen molar-refractivity contribution in [2.75, 3.05) is 16.8 Å². The van der Waals surface area contributed by atoms with Crippen LogP contribution in [-0.2, 0) is 14.6 Å². The van der Waals surface area contributed by atoms with Crippen molar-refractivity contribution in [1.29, 1.82) is 0 Å². The van der Waals surface area contributed by atoms with Crippen LogP contribution in [0.5, 0.6) is 0 Å². The molecule has 1 heterocycles. The van der Waals surface area contributed by atoms with Crippen molar-refractivity contribution in [3.63, 3.8) is 0 Å². The fourth-order valence-electron chi connectivity index (χ4n) is 2.25. The number of sulfone groups is 1. The quantitative estimate of drug-likeness (QED) is 0.872. The van der Waals surface area contributed by atoms with Gasteiger partial charge in [0.15, 0.2) is 9.84 Å². The molecule has 7 heteroatoms. The highest BCUT2D eigenvalue weighted by Crippen LogP contribution is 2.31. The lowest BCUT2D eigenvalue weighted by molar-refractivity contribution is -0.141. The topological polar surface area (TPSA) is 83.5 Å². The van der Waals surface area contributed by atoms with Gasteiger partial charge < -0.3 is 10.4 Å². The Labute approximate surface area is 120 Å². The molecular formula is C12H14BrNO4S. The summed E-state index contributed by atoms with van der Waals surface area (Å²) in [6, 6.07) is 7.06. The average Bonchev–Trinajstić information content (AvgIpc) is 2.30. The highest BCUT2D eigenvalue weighted by Gasteiger charge is 2.45. The number of para-hydroxylation sites is 1. The van der Waals surface area contributed by atoms with Crippen LogP contribution >= 0.6 is 15.9 Å². The van der Waals surface area contributed by atoms with Gasteiger partial charge in [-0.1, -0.05) is 12.1 Å². The van der Waals surface area contributed by atoms with Crippen LogP contribution in [0.15, 0.2) is 28.7 Å². The Kier molecular flexibility index (Phi) is 3.87. The predicted octanol–water partition coefficient (Wildman–Crippen LogP) is 1.89. The number of anilines is 1. The van der Waals surface area contributed by atoms with Gasteiger partial charge in [-0.15, -0.1) is 0 Å². The van der Waals surface area contributed by atoms with Gasteiger partial charge in [0.2, 0.25) is 0 Å². The van der Waals surface area contributed by atoms with Crippen molar-refractivity contribution in [2.24, 2.45) is 0 Å². The molecule has 104 valence electrons. The molecule has 0 radical (unpaired) electrons. The fourth-order valence-corrected chi connectivity index (χ4v) is 4.46. The van der Waals surface area contributed by atoms with E-state index in [9.17, 15) is 18.3 Å². The van der Waals surface area contributed by atoms with E-state index in [1.807, 2.05) is 0 Å². The van der Waals surface area contributed by atoms with Crippen LogP contribution in [0.1, 0.15) is 12.8 Å². The molecule has 1 aliphatic rings. The highest BCUT2D eigenvalue weighted by atomic mass is 79.9. The molecule has 0 bridgehead atoms. The van der Waals surface area contributed by atoms with Crippen LogP contribution in [0, 0.1) is 0 Å². The molecule has 5 nitrogen and oxygen atoms in total. The molecule has 0 amide bonds. The molecule has 1 fully saturated rings. The third-order valence-electron chi connectivity index (χ3n) is 3.18. The zero-order valence-corrected chi connectivity index (χ0v) is 12.5. The molecule has 0 aliphatic carbocycles. The van der Waals surface area contributed by atoms with Crippen LogP contribution in [0.3, 0.4) is 0 Å². The van der Waals surface area contributed by atoms with Gasteiger partial charge in [-0.2, -0.15) is 0 Å². The maximum atomic E-state index is 11.7. The second kappa shape index (κ2) is 5.13. The standard InChI is InChI=1S/C12H14BrNO4S/c13-9-4-1-2-5-10(9)14-12(11(15)16)6-3-7-19(17,18)8-12/h1-2,4-5,14H,3,6-8H2,(H,15,16). The fraction of sp³-hybridized carbons (Fsp3) is 0.417. The summed E-state index contributed by atoms with van der Waals surface area (Å²) in [4.78, 5) is 11.5. The van der Waals surface area contributed by atoms with E-state index in [1.165, 1.54) is 0 Å². The number of nitrogens with one attached hydrogen (secondary N) is 1. The molecule has 1 saturated heterocycles. The van der Waals surface area contributed by atoms with Crippen LogP contribution in [0.4, 0.5) is 5.69 Å². The molecular weight excluding hydrogens is 334 g/mol. The summed E-state index contributed by atoms with van der Waals surface area (Å²) >= 11 is 3.32. The van der Waals surface area contributed by atoms with Crippen molar-refractivity contribution < 1.29 is 18.3 Å². The minimum atomic E-state index is -3.33. The van der Waals surface area contributed by atoms with E-state index in [1.54, 1.807) is 24.3 Å². The van der Waals surface area contributed by atoms with Gasteiger partial charge in [0.1, 0.15) is 5.54 Å². The Hall–Kier alpha value is -1.08. The summed E-state index contributed by atoms with van der Waals surface area (Å²) in [5, 5.41) is 12.3. The second-order valence-corrected chi connectivity index (χ2v) is 7.73. The number of carboxylic acids is 1. The van der Waals surface area contributed by atoms with Gasteiger partial charge in [0.05, 0.1) is 11.5 Å². The number of carboxylic acid groups (broad SMARTS) is 1. The summed E-state index contributed by atoms with van der Waals surface area (Å²) in [6.45, 7) is 0. The third-order valence-corrected chi connectivity index (χ3v) is 5.72. The van der Waals surface area contributed by atoms with Crippen LogP contribution in [-0.4, -0.2) is 36.5 Å². The minimum Gasteiger partial charge on any atom is -0.479 e. The predicted molar refractivity (Wildman–Crippen MR) is 76.0 cm³/mol. The second-order valence-electron chi connectivity index (χ2n) is 4.69. The van der Waals surface area contributed by atoms with Gasteiger partial charge in [-0.25, -0.2) is 13.2 Å². The zero-order chi connectivity index (χ0) is 14.1. The van der Waals surface area contributed by atoms with Crippen molar-refractivity contribution in [3.05, 3.63) is 28.7 Å². The van der Waals surface area contributed by atoms with Gasteiger partial charge in [-0.3, -0.25) is 0 Å². The molecule has 2 rings (SSSR count). The largest absolute Gasteiger partial charge is 0.479 e. The number of halogens is 1. The number of aliphatic carboxylic acids is 1. The van der Waals surface area contributed by atoms with E-state index in [4.69, 9.17) is 0 Å². The number of carbonyl (C=O) groups is 1. The molecule has 1 aromatic rings. The van der Waals surface area contributed by atoms with Gasteiger partial charge in [0, 0.05) is 10.2 Å². The molecule has 1 aliphatic heterocycles. The summed E-state index contributed by atoms with van der Waals surface area (Å²) < 4.78 is 24.2. The van der Waals surface area contributed by atoms with E-state index >= 15 is 0 Å². The molecule has 0 saturated carbocycles. The molecule has 0 spiro atoms. The van der Waals surface area contributed by atoms with Crippen molar-refractivity contribution in [3.8, 4) is 0 Å².